The summed E-state index contributed by atoms with van der Waals surface area (Å²) in [6.07, 6.45) is 0.435. The number of carbonyl (C=O) groups is 3. The molecule has 7 heteroatoms. The van der Waals surface area contributed by atoms with Gasteiger partial charge in [0.25, 0.3) is 5.91 Å². The number of ether oxygens (including phenoxy) is 1. The molecule has 2 aliphatic rings. The van der Waals surface area contributed by atoms with Crippen molar-refractivity contribution in [2.24, 2.45) is 5.92 Å². The Labute approximate surface area is 146 Å². The largest absolute Gasteiger partial charge is 0.497 e. The predicted molar refractivity (Wildman–Crippen MR) is 91.1 cm³/mol. The summed E-state index contributed by atoms with van der Waals surface area (Å²) in [5.74, 6) is 0.281. The molecule has 0 unspecified atom stereocenters. The molecule has 0 spiro atoms. The summed E-state index contributed by atoms with van der Waals surface area (Å²) < 4.78 is 5.08. The molecular formula is C18H23N3O4. The van der Waals surface area contributed by atoms with Crippen molar-refractivity contribution >= 4 is 17.7 Å². The van der Waals surface area contributed by atoms with E-state index in [1.54, 1.807) is 36.3 Å². The summed E-state index contributed by atoms with van der Waals surface area (Å²) >= 11 is 0. The molecule has 25 heavy (non-hydrogen) atoms. The van der Waals surface area contributed by atoms with Crippen molar-refractivity contribution in [3.05, 3.63) is 29.8 Å². The van der Waals surface area contributed by atoms with Crippen LogP contribution in [0.4, 0.5) is 0 Å². The highest BCUT2D eigenvalue weighted by Crippen LogP contribution is 2.25. The molecule has 3 atom stereocenters. The first-order chi connectivity index (χ1) is 11.9. The van der Waals surface area contributed by atoms with E-state index in [1.165, 1.54) is 0 Å². The van der Waals surface area contributed by atoms with Gasteiger partial charge in [0.05, 0.1) is 7.11 Å². The third kappa shape index (κ3) is 3.31. The van der Waals surface area contributed by atoms with Crippen LogP contribution >= 0.6 is 0 Å². The topological polar surface area (TPSA) is 87.7 Å². The number of nitrogens with zero attached hydrogens (tertiary/aromatic N) is 1. The van der Waals surface area contributed by atoms with Gasteiger partial charge in [-0.15, -0.1) is 0 Å². The molecule has 2 aliphatic heterocycles. The van der Waals surface area contributed by atoms with Gasteiger partial charge in [-0.25, -0.2) is 0 Å². The Bertz CT molecular complexity index is 686. The van der Waals surface area contributed by atoms with Crippen LogP contribution in [0.25, 0.3) is 0 Å². The molecule has 134 valence electrons. The van der Waals surface area contributed by atoms with Crippen molar-refractivity contribution < 1.29 is 19.1 Å². The van der Waals surface area contributed by atoms with Crippen LogP contribution < -0.4 is 15.4 Å². The summed E-state index contributed by atoms with van der Waals surface area (Å²) in [7, 11) is 1.57. The number of fused-ring (bicyclic) bond motifs is 1. The molecule has 2 heterocycles. The predicted octanol–water partition coefficient (Wildman–Crippen LogP) is 0.549. The molecule has 0 bridgehead atoms. The first kappa shape index (κ1) is 17.3. The molecule has 2 fully saturated rings. The van der Waals surface area contributed by atoms with E-state index in [1.807, 2.05) is 13.8 Å². The zero-order valence-electron chi connectivity index (χ0n) is 14.6. The minimum atomic E-state index is -0.497. The van der Waals surface area contributed by atoms with Crippen molar-refractivity contribution in [3.63, 3.8) is 0 Å². The first-order valence-corrected chi connectivity index (χ1v) is 8.46. The number of carbonyl (C=O) groups excluding carboxylic acids is 3. The number of piperazine rings is 1. The lowest BCUT2D eigenvalue weighted by Crippen LogP contribution is -2.62. The quantitative estimate of drug-likeness (QED) is 0.834. The maximum Gasteiger partial charge on any atom is 0.251 e. The zero-order chi connectivity index (χ0) is 18.1. The summed E-state index contributed by atoms with van der Waals surface area (Å²) in [5.41, 5.74) is 0.515. The number of nitrogens with one attached hydrogen (secondary N) is 2. The van der Waals surface area contributed by atoms with Gasteiger partial charge in [0.1, 0.15) is 17.8 Å². The fourth-order valence-electron chi connectivity index (χ4n) is 3.39. The van der Waals surface area contributed by atoms with E-state index in [0.29, 0.717) is 24.3 Å². The molecule has 3 amide bonds. The van der Waals surface area contributed by atoms with Gasteiger partial charge in [0.15, 0.2) is 0 Å². The highest BCUT2D eigenvalue weighted by molar-refractivity contribution is 5.98. The molecule has 3 rings (SSSR count). The van der Waals surface area contributed by atoms with Crippen molar-refractivity contribution in [1.29, 1.82) is 0 Å². The van der Waals surface area contributed by atoms with Gasteiger partial charge in [-0.05, 0) is 36.6 Å². The maximum absolute atomic E-state index is 12.6. The SMILES string of the molecule is COc1ccc(C(=O)N[C@H]2C[C@H]3C(=O)N[C@H](C(C)C)C(=O)N3C2)cc1. The van der Waals surface area contributed by atoms with Crippen molar-refractivity contribution in [3.8, 4) is 5.75 Å². The Kier molecular flexibility index (Phi) is 4.65. The van der Waals surface area contributed by atoms with Crippen LogP contribution in [0.3, 0.4) is 0 Å². The van der Waals surface area contributed by atoms with Crippen LogP contribution in [0.15, 0.2) is 24.3 Å². The lowest BCUT2D eigenvalue weighted by atomic mass is 9.98. The van der Waals surface area contributed by atoms with E-state index in [9.17, 15) is 14.4 Å². The zero-order valence-corrected chi connectivity index (χ0v) is 14.6. The normalized spacial score (nSPS) is 25.6. The van der Waals surface area contributed by atoms with Crippen LogP contribution in [-0.4, -0.2) is 54.4 Å². The molecule has 7 nitrogen and oxygen atoms in total. The second-order valence-electron chi connectivity index (χ2n) is 6.87. The molecule has 1 aromatic carbocycles. The minimum absolute atomic E-state index is 0.0327. The van der Waals surface area contributed by atoms with Crippen LogP contribution in [0.5, 0.6) is 5.75 Å². The number of methoxy groups -OCH3 is 1. The third-order valence-corrected chi connectivity index (χ3v) is 4.80. The highest BCUT2D eigenvalue weighted by atomic mass is 16.5. The van der Waals surface area contributed by atoms with Crippen LogP contribution in [0.1, 0.15) is 30.6 Å². The highest BCUT2D eigenvalue weighted by Gasteiger charge is 2.47. The third-order valence-electron chi connectivity index (χ3n) is 4.80. The summed E-state index contributed by atoms with van der Waals surface area (Å²) in [6, 6.07) is 5.59. The van der Waals surface area contributed by atoms with E-state index in [-0.39, 0.29) is 29.7 Å². The van der Waals surface area contributed by atoms with Crippen molar-refractivity contribution in [2.45, 2.75) is 38.4 Å². The molecule has 0 aliphatic carbocycles. The maximum atomic E-state index is 12.6. The first-order valence-electron chi connectivity index (χ1n) is 8.46. The second-order valence-corrected chi connectivity index (χ2v) is 6.87. The van der Waals surface area contributed by atoms with Gasteiger partial charge in [0.2, 0.25) is 11.8 Å². The van der Waals surface area contributed by atoms with E-state index in [4.69, 9.17) is 4.74 Å². The smallest absolute Gasteiger partial charge is 0.251 e. The molecule has 1 aromatic rings. The van der Waals surface area contributed by atoms with Gasteiger partial charge in [-0.2, -0.15) is 0 Å². The average Bonchev–Trinajstić information content (AvgIpc) is 3.02. The Morgan fingerprint density at radius 1 is 1.28 bits per heavy atom. The molecular weight excluding hydrogens is 322 g/mol. The Hall–Kier alpha value is -2.57. The number of rotatable bonds is 4. The number of benzene rings is 1. The number of hydrogen-bond donors (Lipinski definition) is 2. The van der Waals surface area contributed by atoms with E-state index >= 15 is 0 Å². The van der Waals surface area contributed by atoms with Crippen molar-refractivity contribution in [1.82, 2.24) is 15.5 Å². The molecule has 0 aromatic heterocycles. The summed E-state index contributed by atoms with van der Waals surface area (Å²) in [5, 5.41) is 5.72. The monoisotopic (exact) mass is 345 g/mol. The Balaban J connectivity index is 1.66. The number of amides is 3. The van der Waals surface area contributed by atoms with Crippen LogP contribution in [0, 0.1) is 5.92 Å². The Morgan fingerprint density at radius 3 is 2.56 bits per heavy atom. The van der Waals surface area contributed by atoms with Crippen molar-refractivity contribution in [2.75, 3.05) is 13.7 Å². The minimum Gasteiger partial charge on any atom is -0.497 e. The lowest BCUT2D eigenvalue weighted by molar-refractivity contribution is -0.148. The lowest BCUT2D eigenvalue weighted by Gasteiger charge is -2.36. The van der Waals surface area contributed by atoms with E-state index in [2.05, 4.69) is 10.6 Å². The number of hydrogen-bond acceptors (Lipinski definition) is 4. The molecule has 0 radical (unpaired) electrons. The van der Waals surface area contributed by atoms with Crippen LogP contribution in [-0.2, 0) is 9.59 Å². The van der Waals surface area contributed by atoms with Gasteiger partial charge < -0.3 is 20.3 Å². The standard InChI is InChI=1S/C18H23N3O4/c1-10(2)15-18(24)21-9-12(8-14(21)17(23)20-15)19-16(22)11-4-6-13(25-3)7-5-11/h4-7,10,12,14-15H,8-9H2,1-3H3,(H,19,22)(H,20,23)/t12-,14-,15+/m0/s1. The fraction of sp³-hybridized carbons (Fsp3) is 0.500. The van der Waals surface area contributed by atoms with E-state index < -0.39 is 12.1 Å². The summed E-state index contributed by atoms with van der Waals surface area (Å²) in [6.45, 7) is 4.17. The van der Waals surface area contributed by atoms with Gasteiger partial charge >= 0.3 is 0 Å². The molecule has 2 saturated heterocycles. The Morgan fingerprint density at radius 2 is 1.96 bits per heavy atom. The summed E-state index contributed by atoms with van der Waals surface area (Å²) in [4.78, 5) is 38.8. The molecule has 2 N–H and O–H groups in total. The van der Waals surface area contributed by atoms with E-state index in [0.717, 1.165) is 0 Å². The van der Waals surface area contributed by atoms with Gasteiger partial charge in [-0.3, -0.25) is 14.4 Å². The fourth-order valence-corrected chi connectivity index (χ4v) is 3.39. The second kappa shape index (κ2) is 6.74. The average molecular weight is 345 g/mol. The van der Waals surface area contributed by atoms with Crippen LogP contribution in [0.2, 0.25) is 0 Å². The molecule has 0 saturated carbocycles. The van der Waals surface area contributed by atoms with Gasteiger partial charge in [0, 0.05) is 18.2 Å². The van der Waals surface area contributed by atoms with Gasteiger partial charge in [-0.1, -0.05) is 13.8 Å².